The summed E-state index contributed by atoms with van der Waals surface area (Å²) in [5, 5.41) is 5.62. The summed E-state index contributed by atoms with van der Waals surface area (Å²) in [5.41, 5.74) is 1.96. The third-order valence-electron chi connectivity index (χ3n) is 7.00. The molecule has 0 saturated carbocycles. The molecule has 0 bridgehead atoms. The first-order chi connectivity index (χ1) is 20.1. The number of benzene rings is 2. The Hall–Kier alpha value is -4.71. The van der Waals surface area contributed by atoms with Crippen molar-refractivity contribution in [3.63, 3.8) is 0 Å². The molecule has 2 N–H and O–H groups in total. The molecule has 1 saturated heterocycles. The monoisotopic (exact) mass is 577 g/mol. The van der Waals surface area contributed by atoms with Gasteiger partial charge in [0.05, 0.1) is 28.2 Å². The maximum Gasteiger partial charge on any atom is 0.416 e. The van der Waals surface area contributed by atoms with E-state index in [4.69, 9.17) is 4.74 Å². The largest absolute Gasteiger partial charge is 0.438 e. The molecule has 0 unspecified atom stereocenters. The second kappa shape index (κ2) is 12.0. The van der Waals surface area contributed by atoms with Crippen LogP contribution in [0.2, 0.25) is 0 Å². The number of amides is 1. The first-order valence-electron chi connectivity index (χ1n) is 13.3. The Labute approximate surface area is 241 Å². The van der Waals surface area contributed by atoms with E-state index in [1.807, 2.05) is 24.9 Å². The van der Waals surface area contributed by atoms with Crippen LogP contribution in [0.4, 0.5) is 30.5 Å². The van der Waals surface area contributed by atoms with Crippen LogP contribution in [0.15, 0.2) is 67.0 Å². The highest BCUT2D eigenvalue weighted by molar-refractivity contribution is 6.06. The minimum atomic E-state index is -4.55. The van der Waals surface area contributed by atoms with Gasteiger partial charge in [-0.05, 0) is 68.1 Å². The first-order valence-corrected chi connectivity index (χ1v) is 13.3. The Bertz CT molecular complexity index is 1590. The molecule has 0 atom stereocenters. The number of rotatable bonds is 7. The molecule has 9 nitrogen and oxygen atoms in total. The van der Waals surface area contributed by atoms with Crippen molar-refractivity contribution in [1.82, 2.24) is 19.9 Å². The molecule has 3 heterocycles. The van der Waals surface area contributed by atoms with Gasteiger partial charge in [-0.15, -0.1) is 0 Å². The zero-order chi connectivity index (χ0) is 29.9. The predicted molar refractivity (Wildman–Crippen MR) is 155 cm³/mol. The van der Waals surface area contributed by atoms with Gasteiger partial charge in [0.2, 0.25) is 11.8 Å². The molecule has 42 heavy (non-hydrogen) atoms. The number of pyridine rings is 1. The van der Waals surface area contributed by atoms with Crippen LogP contribution in [0, 0.1) is 6.92 Å². The lowest BCUT2D eigenvalue weighted by Crippen LogP contribution is -2.44. The third kappa shape index (κ3) is 6.44. The molecule has 2 aromatic carbocycles. The molecule has 1 aliphatic heterocycles. The minimum Gasteiger partial charge on any atom is -0.438 e. The van der Waals surface area contributed by atoms with E-state index in [-0.39, 0.29) is 17.1 Å². The third-order valence-corrected chi connectivity index (χ3v) is 7.00. The maximum absolute atomic E-state index is 13.6. The lowest BCUT2D eigenvalue weighted by molar-refractivity contribution is -0.137. The van der Waals surface area contributed by atoms with Gasteiger partial charge in [0.25, 0.3) is 5.91 Å². The average molecular weight is 578 g/mol. The van der Waals surface area contributed by atoms with Crippen LogP contribution in [0.5, 0.6) is 11.6 Å². The Morgan fingerprint density at radius 2 is 1.76 bits per heavy atom. The fourth-order valence-corrected chi connectivity index (χ4v) is 4.58. The summed E-state index contributed by atoms with van der Waals surface area (Å²) in [4.78, 5) is 30.5. The standard InChI is InChI=1S/C30H30F3N7O2/c1-19-6-7-20(17-26(19)42-28-22(5-4-11-35-28)23-10-12-36-29(34-2)38-23)27(41)37-24-18-21(30(31,32)33)8-9-25(24)40-15-13-39(3)14-16-40/h4-12,17-18H,13-16H2,1-3H3,(H,37,41)(H,34,36,38). The van der Waals surface area contributed by atoms with Gasteiger partial charge < -0.3 is 25.2 Å². The number of ether oxygens (including phenoxy) is 1. The van der Waals surface area contributed by atoms with E-state index in [1.54, 1.807) is 49.8 Å². The Morgan fingerprint density at radius 1 is 0.976 bits per heavy atom. The first kappa shape index (κ1) is 28.8. The molecule has 5 rings (SSSR count). The Balaban J connectivity index is 1.43. The van der Waals surface area contributed by atoms with Crippen LogP contribution in [-0.4, -0.2) is 66.0 Å². The van der Waals surface area contributed by atoms with Gasteiger partial charge in [0.15, 0.2) is 0 Å². The van der Waals surface area contributed by atoms with Crippen molar-refractivity contribution in [3.05, 3.63) is 83.7 Å². The van der Waals surface area contributed by atoms with Gasteiger partial charge in [0, 0.05) is 51.2 Å². The predicted octanol–water partition coefficient (Wildman–Crippen LogP) is 5.70. The number of halogens is 3. The zero-order valence-corrected chi connectivity index (χ0v) is 23.4. The fourth-order valence-electron chi connectivity index (χ4n) is 4.58. The van der Waals surface area contributed by atoms with Crippen LogP contribution in [0.25, 0.3) is 11.3 Å². The van der Waals surface area contributed by atoms with E-state index < -0.39 is 17.6 Å². The summed E-state index contributed by atoms with van der Waals surface area (Å²) in [6, 6.07) is 13.6. The smallest absolute Gasteiger partial charge is 0.416 e. The van der Waals surface area contributed by atoms with Crippen molar-refractivity contribution >= 4 is 23.2 Å². The number of anilines is 3. The van der Waals surface area contributed by atoms with Crippen molar-refractivity contribution in [2.24, 2.45) is 0 Å². The summed E-state index contributed by atoms with van der Waals surface area (Å²) in [6.45, 7) is 4.59. The van der Waals surface area contributed by atoms with Crippen LogP contribution < -0.4 is 20.3 Å². The summed E-state index contributed by atoms with van der Waals surface area (Å²) in [6.07, 6.45) is -1.35. The van der Waals surface area contributed by atoms with E-state index >= 15 is 0 Å². The highest BCUT2D eigenvalue weighted by Gasteiger charge is 2.32. The van der Waals surface area contributed by atoms with Gasteiger partial charge >= 0.3 is 6.18 Å². The SMILES string of the molecule is CNc1nccc(-c2cccnc2Oc2cc(C(=O)Nc3cc(C(F)(F)F)ccc3N3CCN(C)CC3)ccc2C)n1. The van der Waals surface area contributed by atoms with E-state index in [1.165, 1.54) is 6.07 Å². The van der Waals surface area contributed by atoms with Gasteiger partial charge in [-0.25, -0.2) is 15.0 Å². The quantitative estimate of drug-likeness (QED) is 0.289. The summed E-state index contributed by atoms with van der Waals surface area (Å²) in [7, 11) is 3.71. The highest BCUT2D eigenvalue weighted by atomic mass is 19.4. The van der Waals surface area contributed by atoms with Gasteiger partial charge in [-0.2, -0.15) is 13.2 Å². The molecule has 2 aromatic heterocycles. The van der Waals surface area contributed by atoms with Gasteiger partial charge in [-0.3, -0.25) is 4.79 Å². The lowest BCUT2D eigenvalue weighted by atomic mass is 10.1. The minimum absolute atomic E-state index is 0.0959. The number of hydrogen-bond donors (Lipinski definition) is 2. The molecule has 4 aromatic rings. The molecular formula is C30H30F3N7O2. The molecule has 1 fully saturated rings. The van der Waals surface area contributed by atoms with Crippen LogP contribution >= 0.6 is 0 Å². The molecule has 1 amide bonds. The average Bonchev–Trinajstić information content (AvgIpc) is 2.98. The lowest BCUT2D eigenvalue weighted by Gasteiger charge is -2.35. The number of alkyl halides is 3. The number of aryl methyl sites for hydroxylation is 1. The Morgan fingerprint density at radius 3 is 2.50 bits per heavy atom. The number of nitrogens with one attached hydrogen (secondary N) is 2. The molecule has 0 radical (unpaired) electrons. The number of carbonyl (C=O) groups is 1. The summed E-state index contributed by atoms with van der Waals surface area (Å²) in [5.74, 6) is 0.510. The van der Waals surface area contributed by atoms with E-state index in [0.717, 1.165) is 30.8 Å². The van der Waals surface area contributed by atoms with E-state index in [9.17, 15) is 18.0 Å². The zero-order valence-electron chi connectivity index (χ0n) is 23.4. The molecule has 0 spiro atoms. The summed E-state index contributed by atoms with van der Waals surface area (Å²) >= 11 is 0. The number of aromatic nitrogens is 3. The molecule has 12 heteroatoms. The highest BCUT2D eigenvalue weighted by Crippen LogP contribution is 2.37. The maximum atomic E-state index is 13.6. The summed E-state index contributed by atoms with van der Waals surface area (Å²) < 4.78 is 46.9. The van der Waals surface area contributed by atoms with Crippen molar-refractivity contribution in [2.45, 2.75) is 13.1 Å². The molecular weight excluding hydrogens is 547 g/mol. The van der Waals surface area contributed by atoms with Crippen molar-refractivity contribution in [2.75, 3.05) is 55.8 Å². The van der Waals surface area contributed by atoms with Crippen molar-refractivity contribution < 1.29 is 22.7 Å². The second-order valence-corrected chi connectivity index (χ2v) is 9.93. The number of piperazine rings is 1. The van der Waals surface area contributed by atoms with Crippen LogP contribution in [-0.2, 0) is 6.18 Å². The molecule has 0 aliphatic carbocycles. The number of hydrogen-bond acceptors (Lipinski definition) is 8. The number of nitrogens with zero attached hydrogens (tertiary/aromatic N) is 5. The number of carbonyl (C=O) groups excluding carboxylic acids is 1. The topological polar surface area (TPSA) is 95.5 Å². The van der Waals surface area contributed by atoms with E-state index in [2.05, 4.69) is 30.5 Å². The van der Waals surface area contributed by atoms with E-state index in [0.29, 0.717) is 41.7 Å². The fraction of sp³-hybridized carbons (Fsp3) is 0.267. The Kier molecular flexibility index (Phi) is 8.25. The van der Waals surface area contributed by atoms with Crippen molar-refractivity contribution in [1.29, 1.82) is 0 Å². The van der Waals surface area contributed by atoms with Crippen LogP contribution in [0.3, 0.4) is 0 Å². The molecule has 218 valence electrons. The number of likely N-dealkylation sites (N-methyl/N-ethyl adjacent to an activating group) is 1. The van der Waals surface area contributed by atoms with Crippen LogP contribution in [0.1, 0.15) is 21.5 Å². The van der Waals surface area contributed by atoms with Crippen molar-refractivity contribution in [3.8, 4) is 22.9 Å². The van der Waals surface area contributed by atoms with Gasteiger partial charge in [-0.1, -0.05) is 6.07 Å². The molecule has 1 aliphatic rings. The van der Waals surface area contributed by atoms with Gasteiger partial charge in [0.1, 0.15) is 5.75 Å². The second-order valence-electron chi connectivity index (χ2n) is 9.93. The normalized spacial score (nSPS) is 14.0.